The van der Waals surface area contributed by atoms with Crippen molar-refractivity contribution in [3.05, 3.63) is 0 Å². The fourth-order valence-electron chi connectivity index (χ4n) is 3.46. The topological polar surface area (TPSA) is 32.8 Å². The summed E-state index contributed by atoms with van der Waals surface area (Å²) in [5.74, 6) is 1.60. The van der Waals surface area contributed by atoms with E-state index >= 15 is 0 Å². The second kappa shape index (κ2) is 6.71. The third kappa shape index (κ3) is 4.18. The van der Waals surface area contributed by atoms with E-state index in [1.54, 1.807) is 7.11 Å². The van der Waals surface area contributed by atoms with Gasteiger partial charge in [-0.1, -0.05) is 13.8 Å². The summed E-state index contributed by atoms with van der Waals surface area (Å²) in [6.07, 6.45) is 3.75. The standard InChI is InChI=1S/C15H28N2O2/c1-12-8-13(2)10-17(9-12)15(18)11-16-6-4-14(19-3)5-7-16/h12-14H,4-11H2,1-3H3. The minimum Gasteiger partial charge on any atom is -0.381 e. The zero-order valence-electron chi connectivity index (χ0n) is 12.6. The molecule has 0 spiro atoms. The van der Waals surface area contributed by atoms with Gasteiger partial charge in [0, 0.05) is 33.3 Å². The van der Waals surface area contributed by atoms with Gasteiger partial charge in [-0.3, -0.25) is 9.69 Å². The highest BCUT2D eigenvalue weighted by Crippen LogP contribution is 2.21. The zero-order valence-corrected chi connectivity index (χ0v) is 12.6. The normalized spacial score (nSPS) is 30.6. The van der Waals surface area contributed by atoms with Gasteiger partial charge in [-0.05, 0) is 31.1 Å². The molecule has 2 heterocycles. The smallest absolute Gasteiger partial charge is 0.236 e. The SMILES string of the molecule is COC1CCN(CC(=O)N2CC(C)CC(C)C2)CC1. The Labute approximate surface area is 117 Å². The summed E-state index contributed by atoms with van der Waals surface area (Å²) in [7, 11) is 1.78. The van der Waals surface area contributed by atoms with Gasteiger partial charge in [0.05, 0.1) is 12.6 Å². The monoisotopic (exact) mass is 268 g/mol. The molecule has 2 saturated heterocycles. The van der Waals surface area contributed by atoms with E-state index in [4.69, 9.17) is 4.74 Å². The van der Waals surface area contributed by atoms with Gasteiger partial charge < -0.3 is 9.64 Å². The third-order valence-corrected chi connectivity index (χ3v) is 4.45. The first-order chi connectivity index (χ1) is 9.08. The molecule has 4 nitrogen and oxygen atoms in total. The molecule has 4 heteroatoms. The number of methoxy groups -OCH3 is 1. The van der Waals surface area contributed by atoms with E-state index in [2.05, 4.69) is 23.6 Å². The summed E-state index contributed by atoms with van der Waals surface area (Å²) >= 11 is 0. The fraction of sp³-hybridized carbons (Fsp3) is 0.933. The zero-order chi connectivity index (χ0) is 13.8. The van der Waals surface area contributed by atoms with Crippen molar-refractivity contribution < 1.29 is 9.53 Å². The number of hydrogen-bond donors (Lipinski definition) is 0. The number of carbonyl (C=O) groups excluding carboxylic acids is 1. The van der Waals surface area contributed by atoms with Crippen molar-refractivity contribution in [1.82, 2.24) is 9.80 Å². The van der Waals surface area contributed by atoms with Crippen LogP contribution in [0.3, 0.4) is 0 Å². The maximum Gasteiger partial charge on any atom is 0.236 e. The van der Waals surface area contributed by atoms with Gasteiger partial charge >= 0.3 is 0 Å². The Hall–Kier alpha value is -0.610. The number of hydrogen-bond acceptors (Lipinski definition) is 3. The Morgan fingerprint density at radius 3 is 2.26 bits per heavy atom. The largest absolute Gasteiger partial charge is 0.381 e. The van der Waals surface area contributed by atoms with E-state index in [1.165, 1.54) is 6.42 Å². The fourth-order valence-corrected chi connectivity index (χ4v) is 3.46. The van der Waals surface area contributed by atoms with Crippen molar-refractivity contribution in [2.75, 3.05) is 39.8 Å². The molecular formula is C15H28N2O2. The van der Waals surface area contributed by atoms with Gasteiger partial charge in [0.25, 0.3) is 0 Å². The van der Waals surface area contributed by atoms with Gasteiger partial charge in [-0.25, -0.2) is 0 Å². The molecule has 110 valence electrons. The summed E-state index contributed by atoms with van der Waals surface area (Å²) in [5.41, 5.74) is 0. The molecule has 2 atom stereocenters. The molecule has 0 bridgehead atoms. The molecular weight excluding hydrogens is 240 g/mol. The molecule has 0 radical (unpaired) electrons. The van der Waals surface area contributed by atoms with Crippen molar-refractivity contribution in [2.24, 2.45) is 11.8 Å². The number of rotatable bonds is 3. The third-order valence-electron chi connectivity index (χ3n) is 4.45. The van der Waals surface area contributed by atoms with Crippen LogP contribution in [0.2, 0.25) is 0 Å². The summed E-state index contributed by atoms with van der Waals surface area (Å²) in [4.78, 5) is 16.7. The Bertz CT molecular complexity index is 291. The predicted octanol–water partition coefficient (Wildman–Crippen LogP) is 1.60. The minimum absolute atomic E-state index is 0.314. The average molecular weight is 268 g/mol. The molecule has 19 heavy (non-hydrogen) atoms. The highest BCUT2D eigenvalue weighted by molar-refractivity contribution is 5.78. The van der Waals surface area contributed by atoms with Crippen LogP contribution in [0.15, 0.2) is 0 Å². The molecule has 0 aromatic rings. The second-order valence-electron chi connectivity index (χ2n) is 6.46. The molecule has 0 aromatic carbocycles. The number of amides is 1. The molecule has 0 N–H and O–H groups in total. The van der Waals surface area contributed by atoms with Crippen LogP contribution in [0.4, 0.5) is 0 Å². The van der Waals surface area contributed by atoms with E-state index < -0.39 is 0 Å². The lowest BCUT2D eigenvalue weighted by Crippen LogP contribution is -2.48. The number of ether oxygens (including phenoxy) is 1. The molecule has 0 saturated carbocycles. The molecule has 2 aliphatic rings. The van der Waals surface area contributed by atoms with Gasteiger partial charge in [-0.2, -0.15) is 0 Å². The maximum atomic E-state index is 12.4. The van der Waals surface area contributed by atoms with E-state index in [0.29, 0.717) is 30.4 Å². The first-order valence-corrected chi connectivity index (χ1v) is 7.61. The van der Waals surface area contributed by atoms with Gasteiger partial charge in [0.2, 0.25) is 5.91 Å². The molecule has 2 fully saturated rings. The first kappa shape index (κ1) is 14.8. The maximum absolute atomic E-state index is 12.4. The summed E-state index contributed by atoms with van der Waals surface area (Å²) in [6.45, 7) is 8.96. The predicted molar refractivity (Wildman–Crippen MR) is 76.0 cm³/mol. The quantitative estimate of drug-likeness (QED) is 0.779. The lowest BCUT2D eigenvalue weighted by atomic mass is 9.92. The van der Waals surface area contributed by atoms with E-state index in [1.807, 2.05) is 0 Å². The Morgan fingerprint density at radius 2 is 1.74 bits per heavy atom. The summed E-state index contributed by atoms with van der Waals surface area (Å²) in [5, 5.41) is 0. The number of carbonyl (C=O) groups is 1. The van der Waals surface area contributed by atoms with Gasteiger partial charge in [-0.15, -0.1) is 0 Å². The Kier molecular flexibility index (Phi) is 5.22. The number of piperidine rings is 2. The van der Waals surface area contributed by atoms with Crippen LogP contribution in [0.5, 0.6) is 0 Å². The van der Waals surface area contributed by atoms with Crippen LogP contribution >= 0.6 is 0 Å². The van der Waals surface area contributed by atoms with E-state index in [0.717, 1.165) is 39.0 Å². The highest BCUT2D eigenvalue weighted by atomic mass is 16.5. The average Bonchev–Trinajstić information content (AvgIpc) is 2.38. The van der Waals surface area contributed by atoms with E-state index in [-0.39, 0.29) is 0 Å². The van der Waals surface area contributed by atoms with Crippen LogP contribution in [0, 0.1) is 11.8 Å². The van der Waals surface area contributed by atoms with E-state index in [9.17, 15) is 4.79 Å². The van der Waals surface area contributed by atoms with Crippen LogP contribution in [-0.2, 0) is 9.53 Å². The Morgan fingerprint density at radius 1 is 1.16 bits per heavy atom. The molecule has 2 rings (SSSR count). The van der Waals surface area contributed by atoms with Crippen LogP contribution in [0.25, 0.3) is 0 Å². The summed E-state index contributed by atoms with van der Waals surface area (Å²) in [6, 6.07) is 0. The summed E-state index contributed by atoms with van der Waals surface area (Å²) < 4.78 is 5.37. The van der Waals surface area contributed by atoms with Gasteiger partial charge in [0.15, 0.2) is 0 Å². The number of likely N-dealkylation sites (tertiary alicyclic amines) is 2. The lowest BCUT2D eigenvalue weighted by molar-refractivity contribution is -0.135. The first-order valence-electron chi connectivity index (χ1n) is 7.61. The highest BCUT2D eigenvalue weighted by Gasteiger charge is 2.27. The van der Waals surface area contributed by atoms with Crippen molar-refractivity contribution in [2.45, 2.75) is 39.2 Å². The molecule has 0 aromatic heterocycles. The number of nitrogens with zero attached hydrogens (tertiary/aromatic N) is 2. The Balaban J connectivity index is 1.78. The van der Waals surface area contributed by atoms with Crippen molar-refractivity contribution in [3.8, 4) is 0 Å². The van der Waals surface area contributed by atoms with Crippen molar-refractivity contribution in [1.29, 1.82) is 0 Å². The molecule has 0 aliphatic carbocycles. The lowest BCUT2D eigenvalue weighted by Gasteiger charge is -2.37. The molecule has 1 amide bonds. The minimum atomic E-state index is 0.314. The van der Waals surface area contributed by atoms with Crippen LogP contribution < -0.4 is 0 Å². The molecule has 2 unspecified atom stereocenters. The molecule has 2 aliphatic heterocycles. The van der Waals surface area contributed by atoms with Crippen molar-refractivity contribution in [3.63, 3.8) is 0 Å². The van der Waals surface area contributed by atoms with Crippen LogP contribution in [0.1, 0.15) is 33.1 Å². The second-order valence-corrected chi connectivity index (χ2v) is 6.46. The van der Waals surface area contributed by atoms with Crippen LogP contribution in [-0.4, -0.2) is 61.6 Å². The van der Waals surface area contributed by atoms with Gasteiger partial charge in [0.1, 0.15) is 0 Å². The van der Waals surface area contributed by atoms with Crippen molar-refractivity contribution >= 4 is 5.91 Å².